The van der Waals surface area contributed by atoms with Crippen LogP contribution in [0.4, 0.5) is 14.6 Å². The molecule has 3 aromatic rings. The Hall–Kier alpha value is -2.64. The third-order valence-corrected chi connectivity index (χ3v) is 5.71. The SMILES string of the molecule is Fc1cnc2n[nH]c(-c3ncc(F)c(NC4CC5CCC4CC5)n3)c2c1. The first-order chi connectivity index (χ1) is 12.7. The van der Waals surface area contributed by atoms with E-state index in [1.807, 2.05) is 0 Å². The predicted octanol–water partition coefficient (Wildman–Crippen LogP) is 3.68. The van der Waals surface area contributed by atoms with E-state index in [9.17, 15) is 8.78 Å². The van der Waals surface area contributed by atoms with E-state index in [0.717, 1.165) is 24.7 Å². The lowest BCUT2D eigenvalue weighted by molar-refractivity contribution is 0.157. The van der Waals surface area contributed by atoms with Gasteiger partial charge in [-0.25, -0.2) is 23.7 Å². The molecule has 134 valence electrons. The molecule has 2 N–H and O–H groups in total. The van der Waals surface area contributed by atoms with E-state index >= 15 is 0 Å². The highest BCUT2D eigenvalue weighted by Crippen LogP contribution is 2.42. The van der Waals surface area contributed by atoms with Crippen LogP contribution in [0, 0.1) is 23.5 Å². The van der Waals surface area contributed by atoms with E-state index in [1.54, 1.807) is 0 Å². The smallest absolute Gasteiger partial charge is 0.183 e. The number of aromatic amines is 1. The molecule has 0 radical (unpaired) electrons. The van der Waals surface area contributed by atoms with E-state index in [4.69, 9.17) is 0 Å². The van der Waals surface area contributed by atoms with Crippen molar-refractivity contribution in [1.82, 2.24) is 25.1 Å². The van der Waals surface area contributed by atoms with Gasteiger partial charge in [-0.3, -0.25) is 5.10 Å². The van der Waals surface area contributed by atoms with Crippen LogP contribution in [0.25, 0.3) is 22.6 Å². The second kappa shape index (κ2) is 5.96. The molecule has 3 saturated carbocycles. The summed E-state index contributed by atoms with van der Waals surface area (Å²) < 4.78 is 27.8. The molecule has 2 bridgehead atoms. The van der Waals surface area contributed by atoms with Crippen LogP contribution in [-0.2, 0) is 0 Å². The van der Waals surface area contributed by atoms with Crippen LogP contribution in [0.3, 0.4) is 0 Å². The molecule has 0 saturated heterocycles. The zero-order valence-electron chi connectivity index (χ0n) is 14.0. The van der Waals surface area contributed by atoms with Crippen LogP contribution in [0.2, 0.25) is 0 Å². The Balaban J connectivity index is 1.49. The van der Waals surface area contributed by atoms with Crippen molar-refractivity contribution in [2.45, 2.75) is 38.1 Å². The normalized spacial score (nSPS) is 24.9. The average molecular weight is 356 g/mol. The summed E-state index contributed by atoms with van der Waals surface area (Å²) in [7, 11) is 0. The van der Waals surface area contributed by atoms with Gasteiger partial charge in [-0.1, -0.05) is 12.8 Å². The highest BCUT2D eigenvalue weighted by atomic mass is 19.1. The molecule has 3 fully saturated rings. The van der Waals surface area contributed by atoms with Crippen molar-refractivity contribution in [3.8, 4) is 11.5 Å². The van der Waals surface area contributed by atoms with Crippen LogP contribution < -0.4 is 5.32 Å². The number of anilines is 1. The first-order valence-corrected chi connectivity index (χ1v) is 8.96. The van der Waals surface area contributed by atoms with Crippen molar-refractivity contribution < 1.29 is 8.78 Å². The maximum Gasteiger partial charge on any atom is 0.183 e. The largest absolute Gasteiger partial charge is 0.364 e. The van der Waals surface area contributed by atoms with Crippen molar-refractivity contribution in [3.63, 3.8) is 0 Å². The van der Waals surface area contributed by atoms with Gasteiger partial charge in [0.15, 0.2) is 23.1 Å². The fourth-order valence-corrected chi connectivity index (χ4v) is 4.36. The number of H-pyrrole nitrogens is 1. The topological polar surface area (TPSA) is 79.4 Å². The lowest BCUT2D eigenvalue weighted by Gasteiger charge is -2.42. The number of aromatic nitrogens is 5. The number of nitrogens with one attached hydrogen (secondary N) is 2. The van der Waals surface area contributed by atoms with Gasteiger partial charge in [-0.15, -0.1) is 0 Å². The van der Waals surface area contributed by atoms with Crippen molar-refractivity contribution in [3.05, 3.63) is 30.1 Å². The predicted molar refractivity (Wildman–Crippen MR) is 92.3 cm³/mol. The zero-order valence-corrected chi connectivity index (χ0v) is 14.0. The second-order valence-corrected chi connectivity index (χ2v) is 7.28. The molecule has 3 aromatic heterocycles. The number of hydrogen-bond acceptors (Lipinski definition) is 5. The standard InChI is InChI=1S/C18H18F2N6/c19-11-6-12-15(25-26-16(12)21-7-11)18-22-8-13(20)17(24-18)23-14-5-9-1-3-10(14)4-2-9/h6-10,14H,1-5H2,(H,21,25,26)(H,22,23,24). The van der Waals surface area contributed by atoms with Crippen molar-refractivity contribution in [2.75, 3.05) is 5.32 Å². The molecule has 1 unspecified atom stereocenters. The Labute approximate surface area is 148 Å². The van der Waals surface area contributed by atoms with Crippen LogP contribution in [0.5, 0.6) is 0 Å². The summed E-state index contributed by atoms with van der Waals surface area (Å²) in [6.45, 7) is 0. The Morgan fingerprint density at radius 1 is 1.08 bits per heavy atom. The molecule has 0 aliphatic heterocycles. The lowest BCUT2D eigenvalue weighted by Crippen LogP contribution is -2.40. The van der Waals surface area contributed by atoms with Crippen molar-refractivity contribution in [2.24, 2.45) is 11.8 Å². The van der Waals surface area contributed by atoms with Crippen LogP contribution in [0.15, 0.2) is 18.5 Å². The van der Waals surface area contributed by atoms with Gasteiger partial charge in [-0.2, -0.15) is 5.10 Å². The molecule has 6 nitrogen and oxygen atoms in total. The van der Waals surface area contributed by atoms with Crippen LogP contribution >= 0.6 is 0 Å². The summed E-state index contributed by atoms with van der Waals surface area (Å²) in [4.78, 5) is 12.3. The molecule has 3 aliphatic rings. The Kier molecular flexibility index (Phi) is 3.58. The number of pyridine rings is 1. The van der Waals surface area contributed by atoms with E-state index in [-0.39, 0.29) is 17.7 Å². The van der Waals surface area contributed by atoms with E-state index in [1.165, 1.54) is 31.7 Å². The average Bonchev–Trinajstić information content (AvgIpc) is 3.07. The Morgan fingerprint density at radius 3 is 2.69 bits per heavy atom. The highest BCUT2D eigenvalue weighted by Gasteiger charge is 2.36. The summed E-state index contributed by atoms with van der Waals surface area (Å²) in [5, 5.41) is 10.6. The lowest BCUT2D eigenvalue weighted by atomic mass is 9.68. The number of rotatable bonds is 3. The third kappa shape index (κ3) is 2.60. The maximum absolute atomic E-state index is 14.3. The number of nitrogens with zero attached hydrogens (tertiary/aromatic N) is 4. The van der Waals surface area contributed by atoms with E-state index < -0.39 is 11.6 Å². The van der Waals surface area contributed by atoms with Gasteiger partial charge in [0.25, 0.3) is 0 Å². The fourth-order valence-electron chi connectivity index (χ4n) is 4.36. The minimum atomic E-state index is -0.483. The Bertz CT molecular complexity index is 963. The van der Waals surface area contributed by atoms with Gasteiger partial charge in [0.2, 0.25) is 0 Å². The summed E-state index contributed by atoms with van der Waals surface area (Å²) in [6, 6.07) is 1.57. The third-order valence-electron chi connectivity index (χ3n) is 5.71. The molecule has 3 aliphatic carbocycles. The summed E-state index contributed by atoms with van der Waals surface area (Å²) in [5.41, 5.74) is 0.800. The molecule has 3 heterocycles. The quantitative estimate of drug-likeness (QED) is 0.748. The van der Waals surface area contributed by atoms with Gasteiger partial charge < -0.3 is 5.32 Å². The van der Waals surface area contributed by atoms with Crippen molar-refractivity contribution >= 4 is 16.9 Å². The minimum Gasteiger partial charge on any atom is -0.364 e. The number of fused-ring (bicyclic) bond motifs is 4. The monoisotopic (exact) mass is 356 g/mol. The van der Waals surface area contributed by atoms with Gasteiger partial charge in [0, 0.05) is 6.04 Å². The van der Waals surface area contributed by atoms with E-state index in [2.05, 4.69) is 30.5 Å². The Morgan fingerprint density at radius 2 is 1.92 bits per heavy atom. The second-order valence-electron chi connectivity index (χ2n) is 7.28. The first kappa shape index (κ1) is 15.6. The molecule has 6 rings (SSSR count). The summed E-state index contributed by atoms with van der Waals surface area (Å²) >= 11 is 0. The minimum absolute atomic E-state index is 0.194. The van der Waals surface area contributed by atoms with Crippen molar-refractivity contribution in [1.29, 1.82) is 0 Å². The first-order valence-electron chi connectivity index (χ1n) is 8.96. The van der Waals surface area contributed by atoms with E-state index in [0.29, 0.717) is 22.6 Å². The molecule has 26 heavy (non-hydrogen) atoms. The van der Waals surface area contributed by atoms with Gasteiger partial charge in [0.05, 0.1) is 17.8 Å². The number of halogens is 2. The van der Waals surface area contributed by atoms with Gasteiger partial charge in [0.1, 0.15) is 11.5 Å². The molecule has 0 spiro atoms. The maximum atomic E-state index is 14.3. The molecule has 0 amide bonds. The molecular formula is C18H18F2N6. The number of hydrogen-bond donors (Lipinski definition) is 2. The summed E-state index contributed by atoms with van der Waals surface area (Å²) in [6.07, 6.45) is 8.24. The zero-order chi connectivity index (χ0) is 17.7. The van der Waals surface area contributed by atoms with Crippen LogP contribution in [-0.4, -0.2) is 31.2 Å². The molecule has 1 atom stereocenters. The summed E-state index contributed by atoms with van der Waals surface area (Å²) in [5.74, 6) is 0.808. The molecular weight excluding hydrogens is 338 g/mol. The molecule has 8 heteroatoms. The highest BCUT2D eigenvalue weighted by molar-refractivity contribution is 5.88. The molecule has 0 aromatic carbocycles. The van der Waals surface area contributed by atoms with Crippen LogP contribution in [0.1, 0.15) is 32.1 Å². The fraction of sp³-hybridized carbons (Fsp3) is 0.444. The van der Waals surface area contributed by atoms with Gasteiger partial charge >= 0.3 is 0 Å². The van der Waals surface area contributed by atoms with Gasteiger partial charge in [-0.05, 0) is 37.2 Å².